The van der Waals surface area contributed by atoms with E-state index in [-0.39, 0.29) is 5.91 Å². The molecule has 0 atom stereocenters. The van der Waals surface area contributed by atoms with Crippen LogP contribution in [0.2, 0.25) is 0 Å². The lowest BCUT2D eigenvalue weighted by Crippen LogP contribution is -2.45. The summed E-state index contributed by atoms with van der Waals surface area (Å²) in [5.74, 6) is 0.193. The fourth-order valence-corrected chi connectivity index (χ4v) is 2.10. The van der Waals surface area contributed by atoms with Gasteiger partial charge in [0.1, 0.15) is 0 Å². The molecule has 1 heterocycles. The SMILES string of the molecule is CN(CC(=O)NC1CC1)C1CCNCC1. The number of amides is 1. The van der Waals surface area contributed by atoms with Gasteiger partial charge in [-0.1, -0.05) is 0 Å². The lowest BCUT2D eigenvalue weighted by atomic mass is 10.1. The third-order valence-corrected chi connectivity index (χ3v) is 3.27. The molecule has 1 aliphatic carbocycles. The van der Waals surface area contributed by atoms with Crippen molar-refractivity contribution in [3.8, 4) is 0 Å². The Balaban J connectivity index is 1.69. The number of likely N-dealkylation sites (N-methyl/N-ethyl adjacent to an activating group) is 1. The average molecular weight is 211 g/mol. The van der Waals surface area contributed by atoms with E-state index >= 15 is 0 Å². The van der Waals surface area contributed by atoms with Crippen LogP contribution in [0.1, 0.15) is 25.7 Å². The summed E-state index contributed by atoms with van der Waals surface area (Å²) in [5, 5.41) is 6.37. The number of nitrogens with one attached hydrogen (secondary N) is 2. The van der Waals surface area contributed by atoms with Gasteiger partial charge in [0.05, 0.1) is 6.54 Å². The maximum Gasteiger partial charge on any atom is 0.234 e. The Hall–Kier alpha value is -0.610. The van der Waals surface area contributed by atoms with Crippen LogP contribution in [0.15, 0.2) is 0 Å². The summed E-state index contributed by atoms with van der Waals surface area (Å²) in [7, 11) is 2.06. The Morgan fingerprint density at radius 3 is 2.60 bits per heavy atom. The Morgan fingerprint density at radius 2 is 2.00 bits per heavy atom. The maximum absolute atomic E-state index is 11.6. The molecule has 15 heavy (non-hydrogen) atoms. The number of rotatable bonds is 4. The van der Waals surface area contributed by atoms with Gasteiger partial charge in [-0.15, -0.1) is 0 Å². The van der Waals surface area contributed by atoms with Crippen LogP contribution in [0.5, 0.6) is 0 Å². The van der Waals surface area contributed by atoms with Gasteiger partial charge in [0.15, 0.2) is 0 Å². The molecule has 0 radical (unpaired) electrons. The second-order valence-corrected chi connectivity index (χ2v) is 4.74. The van der Waals surface area contributed by atoms with Crippen molar-refractivity contribution < 1.29 is 4.79 Å². The van der Waals surface area contributed by atoms with Crippen LogP contribution >= 0.6 is 0 Å². The van der Waals surface area contributed by atoms with Gasteiger partial charge in [0.2, 0.25) is 5.91 Å². The highest BCUT2D eigenvalue weighted by molar-refractivity contribution is 5.78. The molecule has 4 heteroatoms. The number of carbonyl (C=O) groups excluding carboxylic acids is 1. The number of hydrogen-bond donors (Lipinski definition) is 2. The normalized spacial score (nSPS) is 23.1. The van der Waals surface area contributed by atoms with Gasteiger partial charge in [-0.25, -0.2) is 0 Å². The molecule has 2 N–H and O–H groups in total. The molecule has 2 fully saturated rings. The van der Waals surface area contributed by atoms with Crippen LogP contribution in [0, 0.1) is 0 Å². The first kappa shape index (κ1) is 10.9. The predicted molar refractivity (Wildman–Crippen MR) is 59.7 cm³/mol. The van der Waals surface area contributed by atoms with E-state index in [4.69, 9.17) is 0 Å². The first-order chi connectivity index (χ1) is 7.25. The van der Waals surface area contributed by atoms with Crippen molar-refractivity contribution in [1.29, 1.82) is 0 Å². The fraction of sp³-hybridized carbons (Fsp3) is 0.909. The minimum absolute atomic E-state index is 0.193. The van der Waals surface area contributed by atoms with Crippen molar-refractivity contribution in [3.63, 3.8) is 0 Å². The maximum atomic E-state index is 11.6. The van der Waals surface area contributed by atoms with E-state index in [1.54, 1.807) is 0 Å². The average Bonchev–Trinajstić information content (AvgIpc) is 3.03. The summed E-state index contributed by atoms with van der Waals surface area (Å²) in [5.41, 5.74) is 0. The van der Waals surface area contributed by atoms with Gasteiger partial charge in [-0.05, 0) is 45.8 Å². The van der Waals surface area contributed by atoms with Crippen molar-refractivity contribution in [2.45, 2.75) is 37.8 Å². The highest BCUT2D eigenvalue weighted by atomic mass is 16.2. The summed E-state index contributed by atoms with van der Waals surface area (Å²) < 4.78 is 0. The zero-order valence-corrected chi connectivity index (χ0v) is 9.46. The van der Waals surface area contributed by atoms with Crippen LogP contribution in [-0.4, -0.2) is 49.6 Å². The standard InChI is InChI=1S/C11H21N3O/c1-14(10-4-6-12-7-5-10)8-11(15)13-9-2-3-9/h9-10,12H,2-8H2,1H3,(H,13,15). The van der Waals surface area contributed by atoms with Gasteiger partial charge in [-0.3, -0.25) is 9.69 Å². The molecule has 0 aromatic carbocycles. The molecule has 2 aliphatic rings. The molecule has 86 valence electrons. The molecule has 1 amide bonds. The van der Waals surface area contributed by atoms with E-state index in [0.29, 0.717) is 18.6 Å². The molecule has 0 spiro atoms. The molecular weight excluding hydrogens is 190 g/mol. The van der Waals surface area contributed by atoms with E-state index in [1.165, 1.54) is 12.8 Å². The van der Waals surface area contributed by atoms with Crippen LogP contribution in [0.4, 0.5) is 0 Å². The summed E-state index contributed by atoms with van der Waals surface area (Å²) >= 11 is 0. The van der Waals surface area contributed by atoms with Gasteiger partial charge in [-0.2, -0.15) is 0 Å². The number of piperidine rings is 1. The largest absolute Gasteiger partial charge is 0.352 e. The minimum atomic E-state index is 0.193. The Kier molecular flexibility index (Phi) is 3.59. The smallest absolute Gasteiger partial charge is 0.234 e. The van der Waals surface area contributed by atoms with Crippen LogP contribution in [0.3, 0.4) is 0 Å². The van der Waals surface area contributed by atoms with Gasteiger partial charge >= 0.3 is 0 Å². The minimum Gasteiger partial charge on any atom is -0.352 e. The molecule has 1 saturated carbocycles. The molecule has 0 aromatic rings. The molecule has 1 saturated heterocycles. The van der Waals surface area contributed by atoms with Crippen LogP contribution in [-0.2, 0) is 4.79 Å². The zero-order chi connectivity index (χ0) is 10.7. The second-order valence-electron chi connectivity index (χ2n) is 4.74. The number of nitrogens with zero attached hydrogens (tertiary/aromatic N) is 1. The number of hydrogen-bond acceptors (Lipinski definition) is 3. The topological polar surface area (TPSA) is 44.4 Å². The molecule has 1 aliphatic heterocycles. The van der Waals surface area contributed by atoms with Gasteiger partial charge in [0.25, 0.3) is 0 Å². The fourth-order valence-electron chi connectivity index (χ4n) is 2.10. The summed E-state index contributed by atoms with van der Waals surface area (Å²) in [6, 6.07) is 1.06. The first-order valence-electron chi connectivity index (χ1n) is 5.96. The Morgan fingerprint density at radius 1 is 1.33 bits per heavy atom. The predicted octanol–water partition coefficient (Wildman–Crippen LogP) is -0.0512. The molecular formula is C11H21N3O. The molecule has 0 bridgehead atoms. The molecule has 0 aromatic heterocycles. The first-order valence-corrected chi connectivity index (χ1v) is 5.96. The molecule has 2 rings (SSSR count). The molecule has 4 nitrogen and oxygen atoms in total. The van der Waals surface area contributed by atoms with Crippen molar-refractivity contribution in [2.24, 2.45) is 0 Å². The van der Waals surface area contributed by atoms with Crippen molar-refractivity contribution in [2.75, 3.05) is 26.7 Å². The third-order valence-electron chi connectivity index (χ3n) is 3.27. The van der Waals surface area contributed by atoms with Crippen molar-refractivity contribution in [3.05, 3.63) is 0 Å². The number of carbonyl (C=O) groups is 1. The third kappa shape index (κ3) is 3.47. The van der Waals surface area contributed by atoms with Crippen LogP contribution < -0.4 is 10.6 Å². The highest BCUT2D eigenvalue weighted by Gasteiger charge is 2.25. The lowest BCUT2D eigenvalue weighted by molar-refractivity contribution is -0.122. The van der Waals surface area contributed by atoms with E-state index in [2.05, 4.69) is 22.6 Å². The Bertz CT molecular complexity index is 222. The van der Waals surface area contributed by atoms with Crippen LogP contribution in [0.25, 0.3) is 0 Å². The zero-order valence-electron chi connectivity index (χ0n) is 9.46. The molecule has 0 unspecified atom stereocenters. The van der Waals surface area contributed by atoms with E-state index in [0.717, 1.165) is 25.9 Å². The second kappa shape index (κ2) is 4.94. The quantitative estimate of drug-likeness (QED) is 0.685. The van der Waals surface area contributed by atoms with Crippen molar-refractivity contribution in [1.82, 2.24) is 15.5 Å². The van der Waals surface area contributed by atoms with Gasteiger partial charge < -0.3 is 10.6 Å². The summed E-state index contributed by atoms with van der Waals surface area (Å²) in [6.07, 6.45) is 4.66. The van der Waals surface area contributed by atoms with E-state index < -0.39 is 0 Å². The lowest BCUT2D eigenvalue weighted by Gasteiger charge is -2.31. The highest BCUT2D eigenvalue weighted by Crippen LogP contribution is 2.18. The van der Waals surface area contributed by atoms with Crippen molar-refractivity contribution >= 4 is 5.91 Å². The van der Waals surface area contributed by atoms with E-state index in [1.807, 2.05) is 0 Å². The Labute approximate surface area is 91.4 Å². The van der Waals surface area contributed by atoms with Gasteiger partial charge in [0, 0.05) is 12.1 Å². The monoisotopic (exact) mass is 211 g/mol. The summed E-state index contributed by atoms with van der Waals surface area (Å²) in [4.78, 5) is 13.8. The summed E-state index contributed by atoms with van der Waals surface area (Å²) in [6.45, 7) is 2.72. The van der Waals surface area contributed by atoms with E-state index in [9.17, 15) is 4.79 Å².